The Kier molecular flexibility index (Phi) is 13.0. The van der Waals surface area contributed by atoms with Crippen LogP contribution in [0.3, 0.4) is 0 Å². The number of anilines is 1. The molecule has 0 saturated carbocycles. The lowest BCUT2D eigenvalue weighted by Crippen LogP contribution is -2.39. The molecule has 1 fully saturated rings. The van der Waals surface area contributed by atoms with Crippen LogP contribution in [-0.4, -0.2) is 59.3 Å². The van der Waals surface area contributed by atoms with Gasteiger partial charge in [0.1, 0.15) is 0 Å². The summed E-state index contributed by atoms with van der Waals surface area (Å²) in [6.07, 6.45) is -0.513. The molecule has 0 unspecified atom stereocenters. The van der Waals surface area contributed by atoms with Crippen molar-refractivity contribution in [2.75, 3.05) is 31.5 Å². The number of carbonyl (C=O) groups excluding carboxylic acids is 1. The summed E-state index contributed by atoms with van der Waals surface area (Å²) >= 11 is 12.2. The second-order valence-corrected chi connectivity index (χ2v) is 11.0. The van der Waals surface area contributed by atoms with Crippen molar-refractivity contribution in [2.45, 2.75) is 38.4 Å². The highest BCUT2D eigenvalue weighted by molar-refractivity contribution is 6.30. The Bertz CT molecular complexity index is 1270. The van der Waals surface area contributed by atoms with Crippen LogP contribution in [0, 0.1) is 5.92 Å². The average Bonchev–Trinajstić information content (AvgIpc) is 2.95. The first-order valence-electron chi connectivity index (χ1n) is 13.6. The molecule has 0 atom stereocenters. The number of carboxylic acids is 1. The Balaban J connectivity index is 0.000000616. The summed E-state index contributed by atoms with van der Waals surface area (Å²) in [4.78, 5) is 26.4. The molecule has 1 aliphatic rings. The van der Waals surface area contributed by atoms with Gasteiger partial charge in [-0.1, -0.05) is 65.7 Å². The Hall–Kier alpha value is -3.27. The standard InChI is InChI=1S/C29H33Cl2N3O.C2HF3O2/c30-26-10-12-28(13-11-26)32-29(35)34(22-25-8-4-9-27(31)21-25)17-5-16-33-18-14-24(15-19-33)20-23-6-2-1-3-7-23;3-2(4,5)1(6)7/h1-4,6-13,21,24H,5,14-20,22H2,(H,32,35);(H,6,7). The minimum Gasteiger partial charge on any atom is -0.475 e. The van der Waals surface area contributed by atoms with Gasteiger partial charge in [0.2, 0.25) is 0 Å². The van der Waals surface area contributed by atoms with Crippen molar-refractivity contribution in [3.63, 3.8) is 0 Å². The van der Waals surface area contributed by atoms with Gasteiger partial charge in [0.25, 0.3) is 0 Å². The highest BCUT2D eigenvalue weighted by atomic mass is 35.5. The Morgan fingerprint density at radius 1 is 0.905 bits per heavy atom. The minimum absolute atomic E-state index is 0.117. The van der Waals surface area contributed by atoms with E-state index in [2.05, 4.69) is 40.5 Å². The molecule has 3 aromatic rings. The van der Waals surface area contributed by atoms with E-state index in [4.69, 9.17) is 33.1 Å². The van der Waals surface area contributed by atoms with Gasteiger partial charge in [-0.25, -0.2) is 9.59 Å². The molecule has 1 heterocycles. The molecule has 2 amide bonds. The number of amides is 2. The van der Waals surface area contributed by atoms with Crippen LogP contribution in [0.4, 0.5) is 23.7 Å². The fourth-order valence-electron chi connectivity index (χ4n) is 4.69. The predicted octanol–water partition coefficient (Wildman–Crippen LogP) is 8.01. The number of hydrogen-bond acceptors (Lipinski definition) is 3. The number of hydrogen-bond donors (Lipinski definition) is 2. The number of carboxylic acid groups (broad SMARTS) is 1. The minimum atomic E-state index is -5.08. The highest BCUT2D eigenvalue weighted by Gasteiger charge is 2.38. The number of likely N-dealkylation sites (tertiary alicyclic amines) is 1. The lowest BCUT2D eigenvalue weighted by atomic mass is 9.90. The fourth-order valence-corrected chi connectivity index (χ4v) is 5.03. The third kappa shape index (κ3) is 11.9. The van der Waals surface area contributed by atoms with E-state index in [1.54, 1.807) is 12.1 Å². The van der Waals surface area contributed by atoms with Crippen molar-refractivity contribution in [3.8, 4) is 0 Å². The van der Waals surface area contributed by atoms with Gasteiger partial charge in [-0.05, 0) is 98.8 Å². The van der Waals surface area contributed by atoms with Crippen molar-refractivity contribution in [1.82, 2.24) is 9.80 Å². The zero-order valence-electron chi connectivity index (χ0n) is 23.0. The summed E-state index contributed by atoms with van der Waals surface area (Å²) in [7, 11) is 0. The molecule has 11 heteroatoms. The molecule has 0 spiro atoms. The van der Waals surface area contributed by atoms with Gasteiger partial charge in [0.15, 0.2) is 0 Å². The van der Waals surface area contributed by atoms with E-state index in [1.165, 1.54) is 24.8 Å². The maximum Gasteiger partial charge on any atom is 0.490 e. The number of rotatable bonds is 9. The van der Waals surface area contributed by atoms with Gasteiger partial charge in [-0.2, -0.15) is 13.2 Å². The topological polar surface area (TPSA) is 72.9 Å². The molecule has 0 radical (unpaired) electrons. The molecule has 3 aromatic carbocycles. The second kappa shape index (κ2) is 16.4. The summed E-state index contributed by atoms with van der Waals surface area (Å²) in [5, 5.41) is 11.5. The number of piperidine rings is 1. The molecule has 6 nitrogen and oxygen atoms in total. The van der Waals surface area contributed by atoms with E-state index >= 15 is 0 Å². The molecule has 226 valence electrons. The van der Waals surface area contributed by atoms with Gasteiger partial charge < -0.3 is 20.2 Å². The molecular formula is C31H34Cl2F3N3O3. The van der Waals surface area contributed by atoms with Crippen LogP contribution in [0.15, 0.2) is 78.9 Å². The molecule has 4 rings (SSSR count). The number of urea groups is 1. The first kappa shape index (κ1) is 33.2. The molecule has 2 N–H and O–H groups in total. The fraction of sp³-hybridized carbons (Fsp3) is 0.355. The van der Waals surface area contributed by atoms with Crippen LogP contribution in [0.2, 0.25) is 10.0 Å². The monoisotopic (exact) mass is 623 g/mol. The number of nitrogens with zero attached hydrogens (tertiary/aromatic N) is 2. The zero-order chi connectivity index (χ0) is 30.5. The predicted molar refractivity (Wildman–Crippen MR) is 160 cm³/mol. The first-order chi connectivity index (χ1) is 20.0. The Labute approximate surface area is 254 Å². The van der Waals surface area contributed by atoms with E-state index in [-0.39, 0.29) is 6.03 Å². The van der Waals surface area contributed by atoms with Gasteiger partial charge in [-0.3, -0.25) is 0 Å². The Morgan fingerprint density at radius 3 is 2.12 bits per heavy atom. The number of halogens is 5. The van der Waals surface area contributed by atoms with E-state index in [0.717, 1.165) is 43.2 Å². The van der Waals surface area contributed by atoms with Gasteiger partial charge in [0.05, 0.1) is 0 Å². The number of benzene rings is 3. The van der Waals surface area contributed by atoms with Crippen molar-refractivity contribution in [2.24, 2.45) is 5.92 Å². The van der Waals surface area contributed by atoms with E-state index in [9.17, 15) is 18.0 Å². The van der Waals surface area contributed by atoms with Gasteiger partial charge >= 0.3 is 18.2 Å². The SMILES string of the molecule is O=C(Nc1ccc(Cl)cc1)N(CCCN1CCC(Cc2ccccc2)CC1)Cc1cccc(Cl)c1.O=C(O)C(F)(F)F. The number of nitrogens with one attached hydrogen (secondary N) is 1. The molecule has 0 bridgehead atoms. The summed E-state index contributed by atoms with van der Waals surface area (Å²) in [6.45, 7) is 4.44. The van der Waals surface area contributed by atoms with Crippen molar-refractivity contribution >= 4 is 40.9 Å². The van der Waals surface area contributed by atoms with Crippen LogP contribution in [0.1, 0.15) is 30.4 Å². The van der Waals surface area contributed by atoms with E-state index < -0.39 is 12.1 Å². The molecule has 42 heavy (non-hydrogen) atoms. The quantitative estimate of drug-likeness (QED) is 0.253. The largest absolute Gasteiger partial charge is 0.490 e. The number of aliphatic carboxylic acids is 1. The first-order valence-corrected chi connectivity index (χ1v) is 14.4. The van der Waals surface area contributed by atoms with Gasteiger partial charge in [-0.15, -0.1) is 0 Å². The highest BCUT2D eigenvalue weighted by Crippen LogP contribution is 2.22. The number of alkyl halides is 3. The Morgan fingerprint density at radius 2 is 1.52 bits per heavy atom. The van der Waals surface area contributed by atoms with Crippen molar-refractivity contribution in [3.05, 3.63) is 100 Å². The average molecular weight is 625 g/mol. The molecule has 0 aromatic heterocycles. The van der Waals surface area contributed by atoms with E-state index in [0.29, 0.717) is 23.1 Å². The molecule has 1 aliphatic heterocycles. The number of carbonyl (C=O) groups is 2. The molecule has 1 saturated heterocycles. The summed E-state index contributed by atoms with van der Waals surface area (Å²) in [5.74, 6) is -1.99. The summed E-state index contributed by atoms with van der Waals surface area (Å²) < 4.78 is 31.7. The summed E-state index contributed by atoms with van der Waals surface area (Å²) in [6, 6.07) is 25.6. The van der Waals surface area contributed by atoms with Crippen molar-refractivity contribution in [1.29, 1.82) is 0 Å². The van der Waals surface area contributed by atoms with Crippen LogP contribution >= 0.6 is 23.2 Å². The third-order valence-electron chi connectivity index (χ3n) is 6.86. The maximum atomic E-state index is 13.1. The maximum absolute atomic E-state index is 13.1. The lowest BCUT2D eigenvalue weighted by molar-refractivity contribution is -0.192. The van der Waals surface area contributed by atoms with Crippen molar-refractivity contribution < 1.29 is 27.9 Å². The van der Waals surface area contributed by atoms with Crippen LogP contribution < -0.4 is 5.32 Å². The second-order valence-electron chi connectivity index (χ2n) is 10.1. The van der Waals surface area contributed by atoms with E-state index in [1.807, 2.05) is 41.3 Å². The van der Waals surface area contributed by atoms with Crippen LogP contribution in [0.25, 0.3) is 0 Å². The molecular weight excluding hydrogens is 590 g/mol. The summed E-state index contributed by atoms with van der Waals surface area (Å²) in [5.41, 5.74) is 3.19. The van der Waals surface area contributed by atoms with Crippen LogP contribution in [0.5, 0.6) is 0 Å². The van der Waals surface area contributed by atoms with Gasteiger partial charge in [0, 0.05) is 28.8 Å². The lowest BCUT2D eigenvalue weighted by Gasteiger charge is -2.32. The smallest absolute Gasteiger partial charge is 0.475 e. The normalized spacial score (nSPS) is 14.0. The third-order valence-corrected chi connectivity index (χ3v) is 7.35. The van der Waals surface area contributed by atoms with Crippen LogP contribution in [-0.2, 0) is 17.8 Å². The molecule has 0 aliphatic carbocycles. The zero-order valence-corrected chi connectivity index (χ0v) is 24.5.